The lowest BCUT2D eigenvalue weighted by atomic mass is 9.83. The van der Waals surface area contributed by atoms with E-state index in [4.69, 9.17) is 0 Å². The molecule has 0 aliphatic heterocycles. The molecule has 5 nitrogen and oxygen atoms in total. The average Bonchev–Trinajstić information content (AvgIpc) is 2.39. The molecular weight excluding hydrogens is 228 g/mol. The number of carbonyl (C=O) groups excluding carboxylic acids is 1. The second kappa shape index (κ2) is 5.33. The average molecular weight is 248 g/mol. The van der Waals surface area contributed by atoms with Gasteiger partial charge < -0.3 is 10.6 Å². The van der Waals surface area contributed by atoms with Gasteiger partial charge in [-0.1, -0.05) is 19.3 Å². The summed E-state index contributed by atoms with van der Waals surface area (Å²) in [7, 11) is 1.76. The van der Waals surface area contributed by atoms with Crippen molar-refractivity contribution < 1.29 is 4.79 Å². The van der Waals surface area contributed by atoms with Crippen molar-refractivity contribution in [2.75, 3.05) is 12.4 Å². The Kier molecular flexibility index (Phi) is 3.79. The number of hydrogen-bond donors (Lipinski definition) is 2. The van der Waals surface area contributed by atoms with Crippen LogP contribution < -0.4 is 10.6 Å². The Morgan fingerprint density at radius 2 is 2.00 bits per heavy atom. The van der Waals surface area contributed by atoms with E-state index in [-0.39, 0.29) is 11.4 Å². The molecule has 1 saturated carbocycles. The zero-order chi connectivity index (χ0) is 13.0. The highest BCUT2D eigenvalue weighted by Crippen LogP contribution is 2.27. The highest BCUT2D eigenvalue weighted by atomic mass is 16.2. The fraction of sp³-hybridized carbons (Fsp3) is 0.615. The smallest absolute Gasteiger partial charge is 0.271 e. The summed E-state index contributed by atoms with van der Waals surface area (Å²) in [5.74, 6) is 0.473. The summed E-state index contributed by atoms with van der Waals surface area (Å²) in [6.45, 7) is 2.11. The number of nitrogens with one attached hydrogen (secondary N) is 2. The first-order chi connectivity index (χ1) is 8.63. The van der Waals surface area contributed by atoms with E-state index in [1.54, 1.807) is 13.2 Å². The maximum absolute atomic E-state index is 12.1. The maximum atomic E-state index is 12.1. The SMILES string of the molecule is CNc1cncc(C(=O)NC2(C)CCCCC2)n1. The van der Waals surface area contributed by atoms with Crippen LogP contribution in [0.1, 0.15) is 49.5 Å². The van der Waals surface area contributed by atoms with Crippen molar-refractivity contribution in [2.24, 2.45) is 0 Å². The van der Waals surface area contributed by atoms with Gasteiger partial charge in [0.05, 0.1) is 12.4 Å². The van der Waals surface area contributed by atoms with Gasteiger partial charge in [-0.2, -0.15) is 0 Å². The summed E-state index contributed by atoms with van der Waals surface area (Å²) in [5.41, 5.74) is 0.279. The highest BCUT2D eigenvalue weighted by Gasteiger charge is 2.29. The first-order valence-electron chi connectivity index (χ1n) is 6.45. The molecule has 1 aliphatic carbocycles. The van der Waals surface area contributed by atoms with E-state index < -0.39 is 0 Å². The monoisotopic (exact) mass is 248 g/mol. The number of amides is 1. The lowest BCUT2D eigenvalue weighted by molar-refractivity contribution is 0.0877. The van der Waals surface area contributed by atoms with Crippen LogP contribution in [0.25, 0.3) is 0 Å². The zero-order valence-electron chi connectivity index (χ0n) is 11.0. The van der Waals surface area contributed by atoms with Crippen LogP contribution in [0.3, 0.4) is 0 Å². The van der Waals surface area contributed by atoms with Gasteiger partial charge in [0.1, 0.15) is 11.5 Å². The number of nitrogens with zero attached hydrogens (tertiary/aromatic N) is 2. The van der Waals surface area contributed by atoms with Gasteiger partial charge in [-0.3, -0.25) is 9.78 Å². The Balaban J connectivity index is 2.06. The van der Waals surface area contributed by atoms with Crippen LogP contribution in [-0.2, 0) is 0 Å². The van der Waals surface area contributed by atoms with Gasteiger partial charge in [0.25, 0.3) is 5.91 Å². The fourth-order valence-electron chi connectivity index (χ4n) is 2.39. The molecule has 1 aromatic heterocycles. The molecule has 0 spiro atoms. The number of rotatable bonds is 3. The van der Waals surface area contributed by atoms with Gasteiger partial charge in [0.2, 0.25) is 0 Å². The Morgan fingerprint density at radius 1 is 1.28 bits per heavy atom. The Bertz CT molecular complexity index is 427. The van der Waals surface area contributed by atoms with Crippen molar-refractivity contribution in [1.29, 1.82) is 0 Å². The molecule has 98 valence electrons. The number of carbonyl (C=O) groups is 1. The molecule has 1 heterocycles. The van der Waals surface area contributed by atoms with Crippen molar-refractivity contribution in [3.05, 3.63) is 18.1 Å². The van der Waals surface area contributed by atoms with E-state index in [9.17, 15) is 4.79 Å². The summed E-state index contributed by atoms with van der Waals surface area (Å²) in [5, 5.41) is 5.98. The maximum Gasteiger partial charge on any atom is 0.271 e. The first-order valence-corrected chi connectivity index (χ1v) is 6.45. The van der Waals surface area contributed by atoms with E-state index in [0.717, 1.165) is 12.8 Å². The Morgan fingerprint density at radius 3 is 2.67 bits per heavy atom. The molecule has 0 saturated heterocycles. The molecule has 0 bridgehead atoms. The molecule has 1 amide bonds. The molecule has 0 atom stereocenters. The van der Waals surface area contributed by atoms with Gasteiger partial charge in [0.15, 0.2) is 0 Å². The van der Waals surface area contributed by atoms with Crippen molar-refractivity contribution in [2.45, 2.75) is 44.6 Å². The van der Waals surface area contributed by atoms with Crippen molar-refractivity contribution in [1.82, 2.24) is 15.3 Å². The van der Waals surface area contributed by atoms with Crippen LogP contribution in [0.15, 0.2) is 12.4 Å². The third-order valence-electron chi connectivity index (χ3n) is 3.50. The largest absolute Gasteiger partial charge is 0.372 e. The topological polar surface area (TPSA) is 66.9 Å². The van der Waals surface area contributed by atoms with E-state index in [1.807, 2.05) is 0 Å². The second-order valence-electron chi connectivity index (χ2n) is 5.11. The normalized spacial score (nSPS) is 18.1. The molecule has 2 rings (SSSR count). The molecule has 0 unspecified atom stereocenters. The summed E-state index contributed by atoms with van der Waals surface area (Å²) < 4.78 is 0. The van der Waals surface area contributed by atoms with Gasteiger partial charge in [0, 0.05) is 12.6 Å². The fourth-order valence-corrected chi connectivity index (χ4v) is 2.39. The van der Waals surface area contributed by atoms with Crippen LogP contribution in [0.4, 0.5) is 5.82 Å². The lowest BCUT2D eigenvalue weighted by Crippen LogP contribution is -2.47. The Hall–Kier alpha value is -1.65. The van der Waals surface area contributed by atoms with E-state index in [0.29, 0.717) is 11.5 Å². The zero-order valence-corrected chi connectivity index (χ0v) is 11.0. The number of anilines is 1. The Labute approximate surface area is 107 Å². The summed E-state index contributed by atoms with van der Waals surface area (Å²) in [6, 6.07) is 0. The van der Waals surface area contributed by atoms with Crippen molar-refractivity contribution in [3.8, 4) is 0 Å². The minimum Gasteiger partial charge on any atom is -0.372 e. The molecule has 2 N–H and O–H groups in total. The third kappa shape index (κ3) is 2.97. The van der Waals surface area contributed by atoms with Gasteiger partial charge in [-0.15, -0.1) is 0 Å². The highest BCUT2D eigenvalue weighted by molar-refractivity contribution is 5.92. The molecule has 1 aliphatic rings. The van der Waals surface area contributed by atoms with Gasteiger partial charge in [-0.05, 0) is 19.8 Å². The van der Waals surface area contributed by atoms with Gasteiger partial charge in [-0.25, -0.2) is 4.98 Å². The van der Waals surface area contributed by atoms with Crippen LogP contribution >= 0.6 is 0 Å². The lowest BCUT2D eigenvalue weighted by Gasteiger charge is -2.34. The van der Waals surface area contributed by atoms with E-state index >= 15 is 0 Å². The minimum atomic E-state index is -0.135. The predicted octanol–water partition coefficient (Wildman–Crippen LogP) is 1.97. The first kappa shape index (κ1) is 12.8. The number of aromatic nitrogens is 2. The van der Waals surface area contributed by atoms with Crippen LogP contribution in [0.5, 0.6) is 0 Å². The molecule has 1 aromatic rings. The van der Waals surface area contributed by atoms with Crippen molar-refractivity contribution in [3.63, 3.8) is 0 Å². The van der Waals surface area contributed by atoms with E-state index in [1.165, 1.54) is 25.5 Å². The molecule has 18 heavy (non-hydrogen) atoms. The van der Waals surface area contributed by atoms with E-state index in [2.05, 4.69) is 27.5 Å². The molecule has 0 radical (unpaired) electrons. The summed E-state index contributed by atoms with van der Waals surface area (Å²) in [6.07, 6.45) is 8.80. The summed E-state index contributed by atoms with van der Waals surface area (Å²) >= 11 is 0. The van der Waals surface area contributed by atoms with Gasteiger partial charge >= 0.3 is 0 Å². The summed E-state index contributed by atoms with van der Waals surface area (Å²) in [4.78, 5) is 20.4. The molecule has 5 heteroatoms. The van der Waals surface area contributed by atoms with Crippen LogP contribution in [0, 0.1) is 0 Å². The van der Waals surface area contributed by atoms with Crippen LogP contribution in [-0.4, -0.2) is 28.5 Å². The molecular formula is C13H20N4O. The standard InChI is InChI=1S/C13H20N4O/c1-13(6-4-3-5-7-13)17-12(18)10-8-15-9-11(14-2)16-10/h8-9H,3-7H2,1-2H3,(H,14,16)(H,17,18). The number of hydrogen-bond acceptors (Lipinski definition) is 4. The minimum absolute atomic E-state index is 0.0906. The predicted molar refractivity (Wildman–Crippen MR) is 70.5 cm³/mol. The third-order valence-corrected chi connectivity index (χ3v) is 3.50. The quantitative estimate of drug-likeness (QED) is 0.858. The van der Waals surface area contributed by atoms with Crippen molar-refractivity contribution >= 4 is 11.7 Å². The van der Waals surface area contributed by atoms with Crippen LogP contribution in [0.2, 0.25) is 0 Å². The molecule has 1 fully saturated rings. The second-order valence-corrected chi connectivity index (χ2v) is 5.11. The molecule has 0 aromatic carbocycles.